The molecule has 1 heterocycles. The minimum Gasteiger partial charge on any atom is -0.384 e. The lowest BCUT2D eigenvalue weighted by atomic mass is 9.96. The second kappa shape index (κ2) is 7.13. The molecule has 1 aromatic rings. The van der Waals surface area contributed by atoms with Gasteiger partial charge in [0.25, 0.3) is 0 Å². The van der Waals surface area contributed by atoms with Crippen LogP contribution in [-0.4, -0.2) is 35.2 Å². The van der Waals surface area contributed by atoms with Gasteiger partial charge in [0.05, 0.1) is 6.54 Å². The summed E-state index contributed by atoms with van der Waals surface area (Å²) in [5, 5.41) is 16.0. The van der Waals surface area contributed by atoms with Crippen molar-refractivity contribution in [3.8, 4) is 0 Å². The largest absolute Gasteiger partial charge is 0.384 e. The molecule has 4 nitrogen and oxygen atoms in total. The Labute approximate surface area is 128 Å². The summed E-state index contributed by atoms with van der Waals surface area (Å²) in [7, 11) is 0. The fourth-order valence-electron chi connectivity index (χ4n) is 2.25. The summed E-state index contributed by atoms with van der Waals surface area (Å²) in [4.78, 5) is 11.8. The lowest BCUT2D eigenvalue weighted by Crippen LogP contribution is -2.48. The average molecular weight is 312 g/mol. The van der Waals surface area contributed by atoms with Gasteiger partial charge in [-0.05, 0) is 43.2 Å². The van der Waals surface area contributed by atoms with Crippen LogP contribution in [0.3, 0.4) is 0 Å². The van der Waals surface area contributed by atoms with Crippen molar-refractivity contribution in [3.05, 3.63) is 35.6 Å². The van der Waals surface area contributed by atoms with Gasteiger partial charge in [-0.15, -0.1) is 0 Å². The number of carbonyl (C=O) groups excluding carboxylic acids is 1. The SMILES string of the molecule is C[C@@](O)(CNC(=O)N[C@@H]1CCCSC1)c1ccc(F)cc1. The third kappa shape index (κ3) is 4.89. The Morgan fingerprint density at radius 2 is 2.19 bits per heavy atom. The van der Waals surface area contributed by atoms with E-state index < -0.39 is 5.60 Å². The van der Waals surface area contributed by atoms with Gasteiger partial charge in [0.2, 0.25) is 0 Å². The normalized spacial score (nSPS) is 21.4. The minimum atomic E-state index is -1.23. The fourth-order valence-corrected chi connectivity index (χ4v) is 3.33. The highest BCUT2D eigenvalue weighted by Gasteiger charge is 2.24. The van der Waals surface area contributed by atoms with E-state index >= 15 is 0 Å². The number of carbonyl (C=O) groups is 1. The predicted octanol–water partition coefficient (Wildman–Crippen LogP) is 2.23. The zero-order valence-corrected chi connectivity index (χ0v) is 12.9. The van der Waals surface area contributed by atoms with E-state index in [4.69, 9.17) is 0 Å². The number of hydrogen-bond acceptors (Lipinski definition) is 3. The molecule has 2 amide bonds. The first-order chi connectivity index (χ1) is 9.97. The topological polar surface area (TPSA) is 61.4 Å². The molecule has 0 bridgehead atoms. The molecule has 6 heteroatoms. The summed E-state index contributed by atoms with van der Waals surface area (Å²) in [5.74, 6) is 1.73. The van der Waals surface area contributed by atoms with Gasteiger partial charge < -0.3 is 15.7 Å². The third-order valence-corrected chi connectivity index (χ3v) is 4.77. The van der Waals surface area contributed by atoms with Gasteiger partial charge in [-0.2, -0.15) is 11.8 Å². The maximum atomic E-state index is 12.9. The molecule has 2 rings (SSSR count). The molecule has 1 aliphatic heterocycles. The first-order valence-corrected chi connectivity index (χ1v) is 8.23. The second-order valence-electron chi connectivity index (χ2n) is 5.52. The van der Waals surface area contributed by atoms with Crippen molar-refractivity contribution in [1.29, 1.82) is 0 Å². The summed E-state index contributed by atoms with van der Waals surface area (Å²) >= 11 is 1.84. The molecule has 1 aliphatic rings. The van der Waals surface area contributed by atoms with Gasteiger partial charge in [0.1, 0.15) is 11.4 Å². The molecule has 0 unspecified atom stereocenters. The third-order valence-electron chi connectivity index (χ3n) is 3.55. The van der Waals surface area contributed by atoms with E-state index in [0.717, 1.165) is 24.3 Å². The number of thioether (sulfide) groups is 1. The molecule has 1 fully saturated rings. The molecule has 0 saturated carbocycles. The van der Waals surface area contributed by atoms with Gasteiger partial charge in [0.15, 0.2) is 0 Å². The number of nitrogens with one attached hydrogen (secondary N) is 2. The summed E-state index contributed by atoms with van der Waals surface area (Å²) < 4.78 is 12.9. The van der Waals surface area contributed by atoms with Gasteiger partial charge in [-0.25, -0.2) is 9.18 Å². The number of benzene rings is 1. The molecule has 1 aromatic carbocycles. The highest BCUT2D eigenvalue weighted by molar-refractivity contribution is 7.99. The van der Waals surface area contributed by atoms with E-state index in [1.54, 1.807) is 6.92 Å². The van der Waals surface area contributed by atoms with Crippen LogP contribution in [0.25, 0.3) is 0 Å². The molecule has 3 N–H and O–H groups in total. The molecular formula is C15H21FN2O2S. The number of halogens is 1. The number of urea groups is 1. The van der Waals surface area contributed by atoms with Crippen molar-refractivity contribution >= 4 is 17.8 Å². The lowest BCUT2D eigenvalue weighted by molar-refractivity contribution is 0.0592. The standard InChI is InChI=1S/C15H21FN2O2S/c1-15(20,11-4-6-12(16)7-5-11)10-17-14(19)18-13-3-2-8-21-9-13/h4-7,13,20H,2-3,8-10H2,1H3,(H2,17,18,19)/t13-,15-/m1/s1. The lowest BCUT2D eigenvalue weighted by Gasteiger charge is -2.26. The molecular weight excluding hydrogens is 291 g/mol. The van der Waals surface area contributed by atoms with Crippen molar-refractivity contribution in [1.82, 2.24) is 10.6 Å². The fraction of sp³-hybridized carbons (Fsp3) is 0.533. The van der Waals surface area contributed by atoms with Gasteiger partial charge in [-0.1, -0.05) is 12.1 Å². The van der Waals surface area contributed by atoms with Gasteiger partial charge in [-0.3, -0.25) is 0 Å². The second-order valence-corrected chi connectivity index (χ2v) is 6.67. The Bertz CT molecular complexity index is 473. The highest BCUT2D eigenvalue weighted by atomic mass is 32.2. The monoisotopic (exact) mass is 312 g/mol. The van der Waals surface area contributed by atoms with Crippen LogP contribution in [0.15, 0.2) is 24.3 Å². The van der Waals surface area contributed by atoms with Crippen LogP contribution in [0.1, 0.15) is 25.3 Å². The van der Waals surface area contributed by atoms with Crippen molar-refractivity contribution < 1.29 is 14.3 Å². The summed E-state index contributed by atoms with van der Waals surface area (Å²) in [6.07, 6.45) is 2.11. The van der Waals surface area contributed by atoms with Crippen molar-refractivity contribution in [3.63, 3.8) is 0 Å². The first-order valence-electron chi connectivity index (χ1n) is 7.08. The molecule has 0 aliphatic carbocycles. The van der Waals surface area contributed by atoms with Crippen molar-refractivity contribution in [2.45, 2.75) is 31.4 Å². The Hall–Kier alpha value is -1.27. The smallest absolute Gasteiger partial charge is 0.315 e. The van der Waals surface area contributed by atoms with Crippen LogP contribution in [0, 0.1) is 5.82 Å². The predicted molar refractivity (Wildman–Crippen MR) is 82.9 cm³/mol. The Kier molecular flexibility index (Phi) is 5.47. The van der Waals surface area contributed by atoms with E-state index in [9.17, 15) is 14.3 Å². The average Bonchev–Trinajstić information content (AvgIpc) is 2.47. The number of aliphatic hydroxyl groups is 1. The zero-order valence-electron chi connectivity index (χ0n) is 12.1. The molecule has 0 radical (unpaired) electrons. The highest BCUT2D eigenvalue weighted by Crippen LogP contribution is 2.20. The number of amides is 2. The first kappa shape index (κ1) is 16.1. The van der Waals surface area contributed by atoms with Crippen LogP contribution >= 0.6 is 11.8 Å². The quantitative estimate of drug-likeness (QED) is 0.799. The Morgan fingerprint density at radius 1 is 1.48 bits per heavy atom. The zero-order chi connectivity index (χ0) is 15.3. The molecule has 2 atom stereocenters. The van der Waals surface area contributed by atoms with Crippen LogP contribution in [-0.2, 0) is 5.60 Å². The van der Waals surface area contributed by atoms with Crippen LogP contribution < -0.4 is 10.6 Å². The molecule has 0 spiro atoms. The Balaban J connectivity index is 1.82. The summed E-state index contributed by atoms with van der Waals surface area (Å²) in [6, 6.07) is 5.55. The molecule has 21 heavy (non-hydrogen) atoms. The van der Waals surface area contributed by atoms with Crippen molar-refractivity contribution in [2.75, 3.05) is 18.1 Å². The summed E-state index contributed by atoms with van der Waals surface area (Å²) in [5.41, 5.74) is -0.663. The van der Waals surface area contributed by atoms with Gasteiger partial charge >= 0.3 is 6.03 Å². The van der Waals surface area contributed by atoms with Crippen LogP contribution in [0.5, 0.6) is 0 Å². The van der Waals surface area contributed by atoms with Crippen LogP contribution in [0.2, 0.25) is 0 Å². The van der Waals surface area contributed by atoms with Gasteiger partial charge in [0, 0.05) is 11.8 Å². The molecule has 0 aromatic heterocycles. The minimum absolute atomic E-state index is 0.0737. The van der Waals surface area contributed by atoms with E-state index in [-0.39, 0.29) is 24.4 Å². The number of rotatable bonds is 4. The molecule has 116 valence electrons. The molecule has 1 saturated heterocycles. The summed E-state index contributed by atoms with van der Waals surface area (Å²) in [6.45, 7) is 1.67. The van der Waals surface area contributed by atoms with E-state index in [0.29, 0.717) is 5.56 Å². The number of hydrogen-bond donors (Lipinski definition) is 3. The van der Waals surface area contributed by atoms with E-state index in [2.05, 4.69) is 10.6 Å². The Morgan fingerprint density at radius 3 is 2.81 bits per heavy atom. The van der Waals surface area contributed by atoms with E-state index in [1.165, 1.54) is 24.3 Å². The maximum absolute atomic E-state index is 12.9. The van der Waals surface area contributed by atoms with Crippen LogP contribution in [0.4, 0.5) is 9.18 Å². The maximum Gasteiger partial charge on any atom is 0.315 e. The van der Waals surface area contributed by atoms with E-state index in [1.807, 2.05) is 11.8 Å². The van der Waals surface area contributed by atoms with Crippen molar-refractivity contribution in [2.24, 2.45) is 0 Å².